The molecule has 0 bridgehead atoms. The summed E-state index contributed by atoms with van der Waals surface area (Å²) in [5.74, 6) is -0.485. The topological polar surface area (TPSA) is 68.1 Å². The summed E-state index contributed by atoms with van der Waals surface area (Å²) in [6, 6.07) is 15.8. The average Bonchev–Trinajstić information content (AvgIpc) is 2.61. The van der Waals surface area contributed by atoms with Gasteiger partial charge in [0.1, 0.15) is 17.2 Å². The van der Waals surface area contributed by atoms with Crippen LogP contribution in [0.2, 0.25) is 0 Å². The zero-order valence-corrected chi connectivity index (χ0v) is 14.5. The minimum absolute atomic E-state index is 0.0968. The molecular weight excluding hydrogens is 389 g/mol. The third-order valence-electron chi connectivity index (χ3n) is 3.65. The van der Waals surface area contributed by atoms with Crippen molar-refractivity contribution in [2.75, 3.05) is 5.32 Å². The van der Waals surface area contributed by atoms with Crippen LogP contribution in [-0.4, -0.2) is 9.91 Å². The molecule has 1 unspecified atom stereocenters. The predicted molar refractivity (Wildman–Crippen MR) is 96.9 cm³/mol. The third-order valence-corrected chi connectivity index (χ3v) is 4.14. The molecule has 0 aliphatic rings. The van der Waals surface area contributed by atoms with Crippen LogP contribution in [0.4, 0.5) is 15.8 Å². The Kier molecular flexibility index (Phi) is 5.04. The molecule has 3 rings (SSSR count). The van der Waals surface area contributed by atoms with E-state index in [1.54, 1.807) is 12.1 Å². The quantitative estimate of drug-likeness (QED) is 0.477. The number of rotatable bonds is 5. The Morgan fingerprint density at radius 2 is 1.88 bits per heavy atom. The first kappa shape index (κ1) is 17.0. The Morgan fingerprint density at radius 1 is 1.12 bits per heavy atom. The van der Waals surface area contributed by atoms with Crippen LogP contribution in [0, 0.1) is 15.9 Å². The minimum atomic E-state index is -0.671. The lowest BCUT2D eigenvalue weighted by Crippen LogP contribution is -2.16. The Morgan fingerprint density at radius 3 is 2.56 bits per heavy atom. The van der Waals surface area contributed by atoms with Crippen molar-refractivity contribution in [2.24, 2.45) is 0 Å². The first-order chi connectivity index (χ1) is 12.1. The number of benzene rings is 2. The van der Waals surface area contributed by atoms with E-state index in [-0.39, 0.29) is 17.1 Å². The number of hydrogen-bond acceptors (Lipinski definition) is 4. The Bertz CT molecular complexity index is 906. The van der Waals surface area contributed by atoms with Gasteiger partial charge in [0, 0.05) is 16.7 Å². The lowest BCUT2D eigenvalue weighted by atomic mass is 10.0. The molecule has 7 heteroatoms. The van der Waals surface area contributed by atoms with Crippen molar-refractivity contribution in [1.82, 2.24) is 4.98 Å². The summed E-state index contributed by atoms with van der Waals surface area (Å²) in [5, 5.41) is 14.4. The molecule has 0 amide bonds. The van der Waals surface area contributed by atoms with Crippen molar-refractivity contribution in [1.29, 1.82) is 0 Å². The molecule has 126 valence electrons. The normalized spacial score (nSPS) is 11.8. The van der Waals surface area contributed by atoms with E-state index in [9.17, 15) is 14.5 Å². The Balaban J connectivity index is 2.10. The van der Waals surface area contributed by atoms with E-state index in [2.05, 4.69) is 26.2 Å². The largest absolute Gasteiger partial charge is 0.367 e. The summed E-state index contributed by atoms with van der Waals surface area (Å²) in [6.45, 7) is 0. The summed E-state index contributed by atoms with van der Waals surface area (Å²) >= 11 is 3.31. The fourth-order valence-electron chi connectivity index (χ4n) is 2.50. The van der Waals surface area contributed by atoms with Gasteiger partial charge in [-0.1, -0.05) is 46.3 Å². The molecule has 3 aromatic rings. The summed E-state index contributed by atoms with van der Waals surface area (Å²) < 4.78 is 15.0. The number of hydrogen-bond donors (Lipinski definition) is 1. The van der Waals surface area contributed by atoms with Crippen LogP contribution in [0.3, 0.4) is 0 Å². The van der Waals surface area contributed by atoms with E-state index >= 15 is 0 Å². The molecule has 0 radical (unpaired) electrons. The van der Waals surface area contributed by atoms with Crippen molar-refractivity contribution in [3.8, 4) is 0 Å². The summed E-state index contributed by atoms with van der Waals surface area (Å²) in [5.41, 5.74) is 1.09. The highest BCUT2D eigenvalue weighted by molar-refractivity contribution is 9.10. The average molecular weight is 402 g/mol. The Labute approximate surface area is 151 Å². The monoisotopic (exact) mass is 401 g/mol. The van der Waals surface area contributed by atoms with Gasteiger partial charge in [-0.25, -0.2) is 4.39 Å². The molecule has 1 heterocycles. The van der Waals surface area contributed by atoms with Gasteiger partial charge in [0.15, 0.2) is 0 Å². The van der Waals surface area contributed by atoms with E-state index in [1.165, 1.54) is 24.4 Å². The van der Waals surface area contributed by atoms with E-state index in [4.69, 9.17) is 0 Å². The molecule has 0 saturated carbocycles. The molecule has 1 aromatic heterocycles. The van der Waals surface area contributed by atoms with Crippen molar-refractivity contribution < 1.29 is 9.31 Å². The minimum Gasteiger partial charge on any atom is -0.367 e. The molecule has 0 aliphatic carbocycles. The molecule has 0 saturated heterocycles. The van der Waals surface area contributed by atoms with Crippen LogP contribution >= 0.6 is 15.9 Å². The van der Waals surface area contributed by atoms with Crippen LogP contribution in [0.15, 0.2) is 71.3 Å². The highest BCUT2D eigenvalue weighted by atomic mass is 79.9. The van der Waals surface area contributed by atoms with Gasteiger partial charge in [-0.05, 0) is 29.8 Å². The summed E-state index contributed by atoms with van der Waals surface area (Å²) in [7, 11) is 0. The lowest BCUT2D eigenvalue weighted by molar-refractivity contribution is -0.384. The number of nitro benzene ring substituents is 1. The van der Waals surface area contributed by atoms with Crippen molar-refractivity contribution in [3.05, 3.63) is 98.5 Å². The predicted octanol–water partition coefficient (Wildman–Crippen LogP) is 5.09. The zero-order valence-electron chi connectivity index (χ0n) is 12.9. The first-order valence-electron chi connectivity index (χ1n) is 7.42. The van der Waals surface area contributed by atoms with E-state index < -0.39 is 16.8 Å². The lowest BCUT2D eigenvalue weighted by Gasteiger charge is -2.20. The molecule has 0 aliphatic heterocycles. The van der Waals surface area contributed by atoms with Crippen LogP contribution in [0.25, 0.3) is 0 Å². The van der Waals surface area contributed by atoms with Gasteiger partial charge in [-0.15, -0.1) is 0 Å². The van der Waals surface area contributed by atoms with Crippen molar-refractivity contribution >= 4 is 27.3 Å². The maximum atomic E-state index is 14.3. The molecule has 2 aromatic carbocycles. The SMILES string of the molecule is O=[N+]([O-])c1ccc(Br)cc1NC(c1ccccc1)c1ncccc1F. The molecule has 1 N–H and O–H groups in total. The molecule has 25 heavy (non-hydrogen) atoms. The molecule has 1 atom stereocenters. The van der Waals surface area contributed by atoms with Crippen LogP contribution in [0.5, 0.6) is 0 Å². The molecule has 0 fully saturated rings. The van der Waals surface area contributed by atoms with Crippen LogP contribution in [0.1, 0.15) is 17.3 Å². The number of nitrogens with zero attached hydrogens (tertiary/aromatic N) is 2. The second kappa shape index (κ2) is 7.40. The molecular formula is C18H13BrFN3O2. The highest BCUT2D eigenvalue weighted by Crippen LogP contribution is 2.33. The number of pyridine rings is 1. The van der Waals surface area contributed by atoms with E-state index in [0.29, 0.717) is 4.47 Å². The Hall–Kier alpha value is -2.80. The fourth-order valence-corrected chi connectivity index (χ4v) is 2.87. The van der Waals surface area contributed by atoms with E-state index in [0.717, 1.165) is 5.56 Å². The molecule has 0 spiro atoms. The van der Waals surface area contributed by atoms with Crippen LogP contribution < -0.4 is 5.32 Å². The van der Waals surface area contributed by atoms with Gasteiger partial charge in [0.25, 0.3) is 5.69 Å². The first-order valence-corrected chi connectivity index (χ1v) is 8.21. The third kappa shape index (κ3) is 3.83. The smallest absolute Gasteiger partial charge is 0.292 e. The van der Waals surface area contributed by atoms with Gasteiger partial charge in [0.05, 0.1) is 11.0 Å². The number of halogens is 2. The van der Waals surface area contributed by atoms with Gasteiger partial charge in [-0.3, -0.25) is 15.1 Å². The molecule has 5 nitrogen and oxygen atoms in total. The number of nitro groups is 1. The second-order valence-corrected chi connectivity index (χ2v) is 6.19. The zero-order chi connectivity index (χ0) is 17.8. The van der Waals surface area contributed by atoms with Crippen LogP contribution in [-0.2, 0) is 0 Å². The number of nitrogens with one attached hydrogen (secondary N) is 1. The van der Waals surface area contributed by atoms with E-state index in [1.807, 2.05) is 30.3 Å². The van der Waals surface area contributed by atoms with Gasteiger partial charge >= 0.3 is 0 Å². The number of anilines is 1. The highest BCUT2D eigenvalue weighted by Gasteiger charge is 2.23. The van der Waals surface area contributed by atoms with Crippen molar-refractivity contribution in [3.63, 3.8) is 0 Å². The van der Waals surface area contributed by atoms with Gasteiger partial charge in [-0.2, -0.15) is 0 Å². The number of aromatic nitrogens is 1. The maximum Gasteiger partial charge on any atom is 0.292 e. The fraction of sp³-hybridized carbons (Fsp3) is 0.0556. The summed E-state index contributed by atoms with van der Waals surface area (Å²) in [4.78, 5) is 15.0. The second-order valence-electron chi connectivity index (χ2n) is 5.28. The van der Waals surface area contributed by atoms with Crippen molar-refractivity contribution in [2.45, 2.75) is 6.04 Å². The maximum absolute atomic E-state index is 14.3. The standard InChI is InChI=1S/C18H13BrFN3O2/c19-13-8-9-16(23(24)25)15(11-13)22-17(12-5-2-1-3-6-12)18-14(20)7-4-10-21-18/h1-11,17,22H. The van der Waals surface area contributed by atoms with Gasteiger partial charge < -0.3 is 5.32 Å². The summed E-state index contributed by atoms with van der Waals surface area (Å²) in [6.07, 6.45) is 1.49. The van der Waals surface area contributed by atoms with Gasteiger partial charge in [0.2, 0.25) is 0 Å².